The van der Waals surface area contributed by atoms with Crippen molar-refractivity contribution in [1.29, 1.82) is 0 Å². The van der Waals surface area contributed by atoms with Crippen molar-refractivity contribution in [3.63, 3.8) is 0 Å². The number of piperazine rings is 1. The van der Waals surface area contributed by atoms with Crippen LogP contribution in [0.5, 0.6) is 0 Å². The van der Waals surface area contributed by atoms with Crippen LogP contribution in [0.15, 0.2) is 42.5 Å². The standard InChI is InChI=1S/C21H21ClFN3O2/c1-14-17(22)3-2-4-18(14)26-20(27)13-19(21(26)28)25-11-9-24(10-12-25)16-7-5-15(23)6-8-16/h2-8,19H,9-13H2,1H3/t19-/m1/s1. The number of nitrogens with zero attached hydrogens (tertiary/aromatic N) is 3. The van der Waals surface area contributed by atoms with Crippen LogP contribution < -0.4 is 9.80 Å². The molecule has 146 valence electrons. The molecular weight excluding hydrogens is 381 g/mol. The Morgan fingerprint density at radius 3 is 2.36 bits per heavy atom. The second kappa shape index (κ2) is 7.53. The van der Waals surface area contributed by atoms with E-state index in [2.05, 4.69) is 9.80 Å². The molecule has 0 N–H and O–H groups in total. The lowest BCUT2D eigenvalue weighted by molar-refractivity contribution is -0.123. The molecule has 5 nitrogen and oxygen atoms in total. The topological polar surface area (TPSA) is 43.9 Å². The van der Waals surface area contributed by atoms with Crippen LogP contribution in [-0.4, -0.2) is 48.9 Å². The second-order valence-electron chi connectivity index (χ2n) is 7.17. The van der Waals surface area contributed by atoms with Gasteiger partial charge in [-0.05, 0) is 48.9 Å². The summed E-state index contributed by atoms with van der Waals surface area (Å²) < 4.78 is 13.1. The van der Waals surface area contributed by atoms with Crippen LogP contribution in [0, 0.1) is 12.7 Å². The molecule has 0 aromatic heterocycles. The quantitative estimate of drug-likeness (QED) is 0.741. The molecule has 2 aliphatic rings. The van der Waals surface area contributed by atoms with Crippen LogP contribution in [0.25, 0.3) is 0 Å². The minimum Gasteiger partial charge on any atom is -0.369 e. The van der Waals surface area contributed by atoms with Gasteiger partial charge in [0.2, 0.25) is 5.91 Å². The monoisotopic (exact) mass is 401 g/mol. The Morgan fingerprint density at radius 2 is 1.68 bits per heavy atom. The molecule has 7 heteroatoms. The molecule has 0 unspecified atom stereocenters. The van der Waals surface area contributed by atoms with Crippen LogP contribution in [0.1, 0.15) is 12.0 Å². The Hall–Kier alpha value is -2.44. The summed E-state index contributed by atoms with van der Waals surface area (Å²) in [6.45, 7) is 4.60. The highest BCUT2D eigenvalue weighted by Gasteiger charge is 2.43. The van der Waals surface area contributed by atoms with E-state index in [0.29, 0.717) is 23.8 Å². The molecular formula is C21H21ClFN3O2. The third-order valence-corrected chi connectivity index (χ3v) is 5.96. The normalized spacial score (nSPS) is 20.9. The first-order chi connectivity index (χ1) is 13.5. The number of carbonyl (C=O) groups excluding carboxylic acids is 2. The van der Waals surface area contributed by atoms with Crippen LogP contribution in [0.2, 0.25) is 5.02 Å². The number of hydrogen-bond donors (Lipinski definition) is 0. The van der Waals surface area contributed by atoms with Gasteiger partial charge >= 0.3 is 0 Å². The maximum atomic E-state index is 13.1. The van der Waals surface area contributed by atoms with Gasteiger partial charge in [-0.3, -0.25) is 14.5 Å². The van der Waals surface area contributed by atoms with Crippen molar-refractivity contribution in [1.82, 2.24) is 4.90 Å². The van der Waals surface area contributed by atoms with Crippen molar-refractivity contribution in [2.75, 3.05) is 36.0 Å². The van der Waals surface area contributed by atoms with E-state index in [1.165, 1.54) is 17.0 Å². The van der Waals surface area contributed by atoms with Crippen molar-refractivity contribution in [3.05, 3.63) is 58.9 Å². The van der Waals surface area contributed by atoms with Gasteiger partial charge < -0.3 is 4.90 Å². The summed E-state index contributed by atoms with van der Waals surface area (Å²) in [5.74, 6) is -0.638. The minimum absolute atomic E-state index is 0.182. The molecule has 2 heterocycles. The summed E-state index contributed by atoms with van der Waals surface area (Å²) in [6.07, 6.45) is 0.182. The highest BCUT2D eigenvalue weighted by Crippen LogP contribution is 2.32. The number of halogens is 2. The number of anilines is 2. The SMILES string of the molecule is Cc1c(Cl)cccc1N1C(=O)C[C@@H](N2CCN(c3ccc(F)cc3)CC2)C1=O. The first-order valence-corrected chi connectivity index (χ1v) is 9.70. The zero-order valence-corrected chi connectivity index (χ0v) is 16.3. The molecule has 0 saturated carbocycles. The van der Waals surface area contributed by atoms with E-state index in [1.807, 2.05) is 6.92 Å². The second-order valence-corrected chi connectivity index (χ2v) is 7.58. The number of carbonyl (C=O) groups is 2. The van der Waals surface area contributed by atoms with E-state index in [0.717, 1.165) is 24.3 Å². The Balaban J connectivity index is 1.46. The van der Waals surface area contributed by atoms with Crippen molar-refractivity contribution in [2.45, 2.75) is 19.4 Å². The lowest BCUT2D eigenvalue weighted by Gasteiger charge is -2.38. The Morgan fingerprint density at radius 1 is 1.00 bits per heavy atom. The summed E-state index contributed by atoms with van der Waals surface area (Å²) >= 11 is 6.17. The van der Waals surface area contributed by atoms with Gasteiger partial charge in [-0.1, -0.05) is 17.7 Å². The number of imide groups is 1. The van der Waals surface area contributed by atoms with E-state index < -0.39 is 6.04 Å². The molecule has 2 amide bonds. The third kappa shape index (κ3) is 3.38. The molecule has 2 aromatic carbocycles. The van der Waals surface area contributed by atoms with Gasteiger partial charge in [0.05, 0.1) is 18.2 Å². The average molecular weight is 402 g/mol. The van der Waals surface area contributed by atoms with E-state index in [1.54, 1.807) is 30.3 Å². The average Bonchev–Trinajstić information content (AvgIpc) is 2.99. The van der Waals surface area contributed by atoms with Crippen molar-refractivity contribution in [3.8, 4) is 0 Å². The smallest absolute Gasteiger partial charge is 0.251 e. The fraction of sp³-hybridized carbons (Fsp3) is 0.333. The number of amides is 2. The maximum Gasteiger partial charge on any atom is 0.251 e. The van der Waals surface area contributed by atoms with Gasteiger partial charge in [-0.2, -0.15) is 0 Å². The van der Waals surface area contributed by atoms with E-state index >= 15 is 0 Å². The predicted octanol–water partition coefficient (Wildman–Crippen LogP) is 3.24. The van der Waals surface area contributed by atoms with E-state index in [4.69, 9.17) is 11.6 Å². The van der Waals surface area contributed by atoms with Crippen LogP contribution in [0.3, 0.4) is 0 Å². The molecule has 2 aliphatic heterocycles. The summed E-state index contributed by atoms with van der Waals surface area (Å²) in [7, 11) is 0. The molecule has 2 saturated heterocycles. The highest BCUT2D eigenvalue weighted by molar-refractivity contribution is 6.32. The largest absolute Gasteiger partial charge is 0.369 e. The van der Waals surface area contributed by atoms with Crippen LogP contribution in [0.4, 0.5) is 15.8 Å². The van der Waals surface area contributed by atoms with Gasteiger partial charge in [0.15, 0.2) is 0 Å². The summed E-state index contributed by atoms with van der Waals surface area (Å²) in [5, 5.41) is 0.537. The molecule has 2 fully saturated rings. The molecule has 2 aromatic rings. The molecule has 0 aliphatic carbocycles. The molecule has 0 bridgehead atoms. The van der Waals surface area contributed by atoms with Crippen molar-refractivity contribution in [2.24, 2.45) is 0 Å². The predicted molar refractivity (Wildman–Crippen MR) is 107 cm³/mol. The molecule has 0 radical (unpaired) electrons. The summed E-state index contributed by atoms with van der Waals surface area (Å²) in [6, 6.07) is 11.2. The molecule has 1 atom stereocenters. The van der Waals surface area contributed by atoms with Crippen molar-refractivity contribution < 1.29 is 14.0 Å². The zero-order valence-electron chi connectivity index (χ0n) is 15.6. The van der Waals surface area contributed by atoms with Gasteiger partial charge in [0.1, 0.15) is 5.82 Å². The van der Waals surface area contributed by atoms with Gasteiger partial charge in [-0.15, -0.1) is 0 Å². The third-order valence-electron chi connectivity index (χ3n) is 5.55. The Bertz CT molecular complexity index is 910. The fourth-order valence-corrected chi connectivity index (χ4v) is 4.11. The van der Waals surface area contributed by atoms with Crippen LogP contribution in [-0.2, 0) is 9.59 Å². The zero-order chi connectivity index (χ0) is 19.8. The van der Waals surface area contributed by atoms with Crippen molar-refractivity contribution >= 4 is 34.8 Å². The van der Waals surface area contributed by atoms with Gasteiger partial charge in [-0.25, -0.2) is 9.29 Å². The number of benzene rings is 2. The lowest BCUT2D eigenvalue weighted by atomic mass is 10.1. The number of hydrogen-bond acceptors (Lipinski definition) is 4. The Labute approximate surface area is 168 Å². The molecule has 4 rings (SSSR count). The van der Waals surface area contributed by atoms with E-state index in [9.17, 15) is 14.0 Å². The minimum atomic E-state index is -0.443. The highest BCUT2D eigenvalue weighted by atomic mass is 35.5. The summed E-state index contributed by atoms with van der Waals surface area (Å²) in [4.78, 5) is 31.2. The fourth-order valence-electron chi connectivity index (χ4n) is 3.94. The first kappa shape index (κ1) is 18.9. The van der Waals surface area contributed by atoms with Gasteiger partial charge in [0, 0.05) is 36.9 Å². The lowest BCUT2D eigenvalue weighted by Crippen LogP contribution is -2.52. The van der Waals surface area contributed by atoms with E-state index in [-0.39, 0.29) is 24.1 Å². The summed E-state index contributed by atoms with van der Waals surface area (Å²) in [5.41, 5.74) is 2.26. The van der Waals surface area contributed by atoms with Crippen LogP contribution >= 0.6 is 11.6 Å². The Kier molecular flexibility index (Phi) is 5.08. The molecule has 0 spiro atoms. The maximum absolute atomic E-state index is 13.1. The first-order valence-electron chi connectivity index (χ1n) is 9.32. The molecule has 28 heavy (non-hydrogen) atoms. The number of rotatable bonds is 3. The van der Waals surface area contributed by atoms with Gasteiger partial charge in [0.25, 0.3) is 5.91 Å².